The van der Waals surface area contributed by atoms with Crippen LogP contribution in [0.4, 0.5) is 0 Å². The first kappa shape index (κ1) is 10.6. The summed E-state index contributed by atoms with van der Waals surface area (Å²) in [6.07, 6.45) is 0.564. The van der Waals surface area contributed by atoms with Crippen LogP contribution < -0.4 is 0 Å². The van der Waals surface area contributed by atoms with Crippen LogP contribution >= 0.6 is 0 Å². The summed E-state index contributed by atoms with van der Waals surface area (Å²) in [5.74, 6) is 1.11. The molecule has 0 spiro atoms. The quantitative estimate of drug-likeness (QED) is 0.713. The molecule has 0 aromatic rings. The molecular weight excluding hydrogens is 164 g/mol. The van der Waals surface area contributed by atoms with Gasteiger partial charge in [-0.05, 0) is 12.3 Å². The fraction of sp³-hybridized carbons (Fsp3) is 0.818. The largest absolute Gasteiger partial charge is 0.492 e. The van der Waals surface area contributed by atoms with Crippen LogP contribution in [-0.4, -0.2) is 17.3 Å². The van der Waals surface area contributed by atoms with E-state index in [1.165, 1.54) is 0 Å². The van der Waals surface area contributed by atoms with Crippen LogP contribution in [0.5, 0.6) is 0 Å². The zero-order chi connectivity index (χ0) is 10.2. The summed E-state index contributed by atoms with van der Waals surface area (Å²) in [4.78, 5) is 0. The zero-order valence-corrected chi connectivity index (χ0v) is 9.00. The average molecular weight is 184 g/mol. The molecule has 1 fully saturated rings. The predicted octanol–water partition coefficient (Wildman–Crippen LogP) is 2.33. The number of rotatable bonds is 2. The molecule has 0 aromatic carbocycles. The molecule has 1 N–H and O–H groups in total. The van der Waals surface area contributed by atoms with E-state index >= 15 is 0 Å². The van der Waals surface area contributed by atoms with Crippen molar-refractivity contribution in [3.8, 4) is 0 Å². The molecule has 1 saturated heterocycles. The van der Waals surface area contributed by atoms with Crippen LogP contribution in [0.15, 0.2) is 12.3 Å². The lowest BCUT2D eigenvalue weighted by Crippen LogP contribution is -2.34. The molecule has 0 aliphatic carbocycles. The van der Waals surface area contributed by atoms with Gasteiger partial charge >= 0.3 is 0 Å². The second-order valence-corrected chi connectivity index (χ2v) is 4.93. The van der Waals surface area contributed by atoms with Crippen LogP contribution in [0, 0.1) is 11.3 Å². The van der Waals surface area contributed by atoms with E-state index in [0.29, 0.717) is 11.7 Å². The van der Waals surface area contributed by atoms with Gasteiger partial charge < -0.3 is 9.84 Å². The highest BCUT2D eigenvalue weighted by molar-refractivity contribution is 5.09. The standard InChI is InChI=1S/C11H20O2/c1-7(2)6-9-11(4,5)10(12)8(3)13-9/h7,9-10,12H,3,6H2,1-2,4-5H3. The van der Waals surface area contributed by atoms with Crippen LogP contribution in [0.1, 0.15) is 34.1 Å². The van der Waals surface area contributed by atoms with Gasteiger partial charge in [0.2, 0.25) is 0 Å². The van der Waals surface area contributed by atoms with Gasteiger partial charge in [0, 0.05) is 5.41 Å². The van der Waals surface area contributed by atoms with E-state index in [2.05, 4.69) is 20.4 Å². The molecule has 2 atom stereocenters. The van der Waals surface area contributed by atoms with Crippen molar-refractivity contribution in [2.75, 3.05) is 0 Å². The fourth-order valence-corrected chi connectivity index (χ4v) is 1.77. The van der Waals surface area contributed by atoms with Gasteiger partial charge in [-0.2, -0.15) is 0 Å². The van der Waals surface area contributed by atoms with Gasteiger partial charge in [-0.1, -0.05) is 34.3 Å². The molecule has 2 nitrogen and oxygen atoms in total. The van der Waals surface area contributed by atoms with Gasteiger partial charge in [0.25, 0.3) is 0 Å². The molecule has 0 saturated carbocycles. The maximum atomic E-state index is 9.78. The van der Waals surface area contributed by atoms with Crippen LogP contribution in [0.25, 0.3) is 0 Å². The molecule has 13 heavy (non-hydrogen) atoms. The van der Waals surface area contributed by atoms with Crippen molar-refractivity contribution in [2.24, 2.45) is 11.3 Å². The Morgan fingerprint density at radius 1 is 1.54 bits per heavy atom. The molecule has 1 aliphatic rings. The molecule has 1 aliphatic heterocycles. The summed E-state index contributed by atoms with van der Waals surface area (Å²) in [5, 5.41) is 9.78. The number of ether oxygens (including phenoxy) is 1. The zero-order valence-electron chi connectivity index (χ0n) is 9.00. The van der Waals surface area contributed by atoms with Crippen LogP contribution in [0.2, 0.25) is 0 Å². The van der Waals surface area contributed by atoms with Gasteiger partial charge in [-0.25, -0.2) is 0 Å². The molecule has 0 bridgehead atoms. The second-order valence-electron chi connectivity index (χ2n) is 4.93. The highest BCUT2D eigenvalue weighted by atomic mass is 16.5. The summed E-state index contributed by atoms with van der Waals surface area (Å²) in [7, 11) is 0. The summed E-state index contributed by atoms with van der Waals surface area (Å²) in [6, 6.07) is 0. The smallest absolute Gasteiger partial charge is 0.119 e. The molecule has 0 aromatic heterocycles. The molecule has 2 heteroatoms. The van der Waals surface area contributed by atoms with E-state index in [1.54, 1.807) is 0 Å². The Balaban J connectivity index is 2.72. The van der Waals surface area contributed by atoms with Gasteiger partial charge in [0.1, 0.15) is 18.0 Å². The Morgan fingerprint density at radius 3 is 2.38 bits per heavy atom. The Kier molecular flexibility index (Phi) is 2.71. The third-order valence-electron chi connectivity index (χ3n) is 2.82. The molecule has 0 radical (unpaired) electrons. The Morgan fingerprint density at radius 2 is 2.08 bits per heavy atom. The minimum absolute atomic E-state index is 0.106. The molecule has 1 heterocycles. The highest BCUT2D eigenvalue weighted by Gasteiger charge is 2.46. The van der Waals surface area contributed by atoms with E-state index in [0.717, 1.165) is 6.42 Å². The van der Waals surface area contributed by atoms with Gasteiger partial charge in [0.15, 0.2) is 0 Å². The number of hydrogen-bond acceptors (Lipinski definition) is 2. The van der Waals surface area contributed by atoms with Crippen molar-refractivity contribution in [2.45, 2.75) is 46.3 Å². The monoisotopic (exact) mass is 184 g/mol. The first-order valence-corrected chi connectivity index (χ1v) is 4.89. The lowest BCUT2D eigenvalue weighted by molar-refractivity contribution is 0.0457. The maximum Gasteiger partial charge on any atom is 0.119 e. The normalized spacial score (nSPS) is 32.3. The van der Waals surface area contributed by atoms with E-state index in [1.807, 2.05) is 13.8 Å². The fourth-order valence-electron chi connectivity index (χ4n) is 1.77. The number of aliphatic hydroxyl groups is 1. The minimum Gasteiger partial charge on any atom is -0.492 e. The van der Waals surface area contributed by atoms with Crippen molar-refractivity contribution in [1.82, 2.24) is 0 Å². The number of aliphatic hydroxyl groups excluding tert-OH is 1. The molecule has 0 amide bonds. The van der Waals surface area contributed by atoms with Crippen LogP contribution in [0.3, 0.4) is 0 Å². The summed E-state index contributed by atoms with van der Waals surface area (Å²) in [5.41, 5.74) is -0.193. The van der Waals surface area contributed by atoms with E-state index in [-0.39, 0.29) is 11.5 Å². The summed E-state index contributed by atoms with van der Waals surface area (Å²) < 4.78 is 5.56. The van der Waals surface area contributed by atoms with Crippen LogP contribution in [-0.2, 0) is 4.74 Å². The topological polar surface area (TPSA) is 29.5 Å². The third kappa shape index (κ3) is 1.88. The van der Waals surface area contributed by atoms with Gasteiger partial charge in [-0.15, -0.1) is 0 Å². The van der Waals surface area contributed by atoms with Crippen molar-refractivity contribution in [3.05, 3.63) is 12.3 Å². The second kappa shape index (κ2) is 3.33. The molecular formula is C11H20O2. The lowest BCUT2D eigenvalue weighted by Gasteiger charge is -2.27. The van der Waals surface area contributed by atoms with Crippen molar-refractivity contribution >= 4 is 0 Å². The minimum atomic E-state index is -0.517. The maximum absolute atomic E-state index is 9.78. The van der Waals surface area contributed by atoms with E-state index < -0.39 is 6.10 Å². The van der Waals surface area contributed by atoms with Crippen molar-refractivity contribution < 1.29 is 9.84 Å². The highest BCUT2D eigenvalue weighted by Crippen LogP contribution is 2.42. The first-order chi connectivity index (χ1) is 5.85. The average Bonchev–Trinajstić information content (AvgIpc) is 2.15. The van der Waals surface area contributed by atoms with Crippen molar-refractivity contribution in [1.29, 1.82) is 0 Å². The summed E-state index contributed by atoms with van der Waals surface area (Å²) >= 11 is 0. The van der Waals surface area contributed by atoms with Gasteiger partial charge in [-0.3, -0.25) is 0 Å². The summed E-state index contributed by atoms with van der Waals surface area (Å²) in [6.45, 7) is 12.1. The lowest BCUT2D eigenvalue weighted by atomic mass is 9.79. The van der Waals surface area contributed by atoms with E-state index in [4.69, 9.17) is 4.74 Å². The SMILES string of the molecule is C=C1OC(CC(C)C)C(C)(C)C1O. The van der Waals surface area contributed by atoms with Gasteiger partial charge in [0.05, 0.1) is 0 Å². The van der Waals surface area contributed by atoms with E-state index in [9.17, 15) is 5.11 Å². The molecule has 2 unspecified atom stereocenters. The number of hydrogen-bond donors (Lipinski definition) is 1. The molecule has 76 valence electrons. The Hall–Kier alpha value is -0.500. The Labute approximate surface area is 80.6 Å². The molecule has 1 rings (SSSR count). The first-order valence-electron chi connectivity index (χ1n) is 4.89. The van der Waals surface area contributed by atoms with Crippen molar-refractivity contribution in [3.63, 3.8) is 0 Å². The predicted molar refractivity (Wildman–Crippen MR) is 53.3 cm³/mol. The Bertz CT molecular complexity index is 206. The third-order valence-corrected chi connectivity index (χ3v) is 2.82.